The summed E-state index contributed by atoms with van der Waals surface area (Å²) in [6, 6.07) is 8.56. The number of allylic oxidation sites excluding steroid dienone is 3. The summed E-state index contributed by atoms with van der Waals surface area (Å²) in [5, 5.41) is 0. The van der Waals surface area contributed by atoms with Crippen molar-refractivity contribution >= 4 is 0 Å². The summed E-state index contributed by atoms with van der Waals surface area (Å²) in [4.78, 5) is 0. The number of benzene rings is 1. The van der Waals surface area contributed by atoms with Gasteiger partial charge in [0.2, 0.25) is 0 Å². The Morgan fingerprint density at radius 1 is 1.03 bits per heavy atom. The molecule has 0 bridgehead atoms. The fourth-order valence-corrected chi connectivity index (χ4v) is 3.56. The van der Waals surface area contributed by atoms with Crippen molar-refractivity contribution in [2.75, 3.05) is 13.2 Å². The number of hydrogen-bond donors (Lipinski definition) is 0. The first-order valence-electron chi connectivity index (χ1n) is 11.1. The van der Waals surface area contributed by atoms with Crippen molar-refractivity contribution in [3.05, 3.63) is 66.5 Å². The molecule has 0 saturated heterocycles. The van der Waals surface area contributed by atoms with Crippen LogP contribution in [0.5, 0.6) is 5.75 Å². The SMILES string of the molecule is C=C(C=CC(=C)C(C)CC)OC(C)OCCOc1ccc(C2CCCCC2)cc1. The first-order valence-corrected chi connectivity index (χ1v) is 11.1. The molecule has 29 heavy (non-hydrogen) atoms. The van der Waals surface area contributed by atoms with Gasteiger partial charge in [-0.2, -0.15) is 0 Å². The molecule has 0 radical (unpaired) electrons. The number of ether oxygens (including phenoxy) is 3. The molecule has 1 saturated carbocycles. The van der Waals surface area contributed by atoms with Crippen molar-refractivity contribution < 1.29 is 14.2 Å². The molecular weight excluding hydrogens is 360 g/mol. The van der Waals surface area contributed by atoms with Gasteiger partial charge in [0.05, 0.1) is 6.61 Å². The Kier molecular flexibility index (Phi) is 10.1. The zero-order valence-electron chi connectivity index (χ0n) is 18.5. The Hall–Kier alpha value is -2.00. The van der Waals surface area contributed by atoms with Crippen LogP contribution in [-0.2, 0) is 9.47 Å². The van der Waals surface area contributed by atoms with E-state index in [1.54, 1.807) is 0 Å². The van der Waals surface area contributed by atoms with Gasteiger partial charge in [-0.05, 0) is 61.8 Å². The third-order valence-corrected chi connectivity index (χ3v) is 5.71. The lowest BCUT2D eigenvalue weighted by Gasteiger charge is -2.22. The minimum atomic E-state index is -0.374. The molecule has 2 unspecified atom stereocenters. The first kappa shape index (κ1) is 23.3. The van der Waals surface area contributed by atoms with E-state index in [0.29, 0.717) is 24.9 Å². The zero-order valence-corrected chi connectivity index (χ0v) is 18.5. The first-order chi connectivity index (χ1) is 14.0. The molecule has 0 N–H and O–H groups in total. The van der Waals surface area contributed by atoms with E-state index in [2.05, 4.69) is 51.3 Å². The van der Waals surface area contributed by atoms with Crippen molar-refractivity contribution in [2.45, 2.75) is 71.5 Å². The summed E-state index contributed by atoms with van der Waals surface area (Å²) in [7, 11) is 0. The highest BCUT2D eigenvalue weighted by Crippen LogP contribution is 2.33. The Bertz CT molecular complexity index is 653. The van der Waals surface area contributed by atoms with Crippen molar-refractivity contribution in [2.24, 2.45) is 5.92 Å². The van der Waals surface area contributed by atoms with Gasteiger partial charge in [0.25, 0.3) is 0 Å². The van der Waals surface area contributed by atoms with E-state index in [0.717, 1.165) is 23.7 Å². The second kappa shape index (κ2) is 12.5. The van der Waals surface area contributed by atoms with E-state index >= 15 is 0 Å². The van der Waals surface area contributed by atoms with E-state index in [1.165, 1.54) is 37.7 Å². The number of rotatable bonds is 12. The van der Waals surface area contributed by atoms with Gasteiger partial charge >= 0.3 is 0 Å². The summed E-state index contributed by atoms with van der Waals surface area (Å²) in [5.41, 5.74) is 2.52. The minimum Gasteiger partial charge on any atom is -0.491 e. The molecule has 160 valence electrons. The molecule has 1 aliphatic rings. The molecule has 0 aromatic heterocycles. The van der Waals surface area contributed by atoms with Crippen LogP contribution >= 0.6 is 0 Å². The number of hydrogen-bond acceptors (Lipinski definition) is 3. The molecule has 0 amide bonds. The Labute approximate surface area is 177 Å². The topological polar surface area (TPSA) is 27.7 Å². The average Bonchev–Trinajstić information content (AvgIpc) is 2.75. The van der Waals surface area contributed by atoms with Crippen LogP contribution in [0.25, 0.3) is 0 Å². The Morgan fingerprint density at radius 3 is 2.38 bits per heavy atom. The summed E-state index contributed by atoms with van der Waals surface area (Å²) in [6.07, 6.45) is 11.2. The largest absolute Gasteiger partial charge is 0.491 e. The fourth-order valence-electron chi connectivity index (χ4n) is 3.56. The molecule has 1 aliphatic carbocycles. The Balaban J connectivity index is 1.63. The van der Waals surface area contributed by atoms with Gasteiger partial charge in [-0.15, -0.1) is 0 Å². The lowest BCUT2D eigenvalue weighted by molar-refractivity contribution is -0.105. The van der Waals surface area contributed by atoms with Gasteiger partial charge < -0.3 is 14.2 Å². The lowest BCUT2D eigenvalue weighted by Crippen LogP contribution is -2.16. The lowest BCUT2D eigenvalue weighted by atomic mass is 9.84. The van der Waals surface area contributed by atoms with Gasteiger partial charge in [-0.25, -0.2) is 0 Å². The van der Waals surface area contributed by atoms with E-state index in [4.69, 9.17) is 14.2 Å². The van der Waals surface area contributed by atoms with Gasteiger partial charge in [-0.3, -0.25) is 0 Å². The van der Waals surface area contributed by atoms with E-state index in [9.17, 15) is 0 Å². The summed E-state index contributed by atoms with van der Waals surface area (Å²) in [6.45, 7) is 15.1. The predicted octanol–water partition coefficient (Wildman–Crippen LogP) is 7.16. The maximum atomic E-state index is 5.79. The van der Waals surface area contributed by atoms with Gasteiger partial charge in [0, 0.05) is 0 Å². The molecule has 3 heteroatoms. The smallest absolute Gasteiger partial charge is 0.197 e. The molecule has 1 fully saturated rings. The van der Waals surface area contributed by atoms with Crippen molar-refractivity contribution in [3.63, 3.8) is 0 Å². The van der Waals surface area contributed by atoms with Crippen LogP contribution in [0, 0.1) is 5.92 Å². The molecule has 2 atom stereocenters. The molecule has 1 aromatic rings. The molecule has 2 rings (SSSR count). The predicted molar refractivity (Wildman–Crippen MR) is 121 cm³/mol. The molecule has 1 aromatic carbocycles. The van der Waals surface area contributed by atoms with E-state index in [-0.39, 0.29) is 6.29 Å². The van der Waals surface area contributed by atoms with E-state index < -0.39 is 0 Å². The maximum absolute atomic E-state index is 5.79. The standard InChI is InChI=1S/C26H38O3/c1-6-20(2)21(3)12-13-22(4)29-23(5)27-18-19-28-26-16-14-25(15-17-26)24-10-8-7-9-11-24/h12-17,20,23-24H,3-4,6-11,18-19H2,1-2,5H3. The maximum Gasteiger partial charge on any atom is 0.197 e. The monoisotopic (exact) mass is 398 g/mol. The molecule has 0 aliphatic heterocycles. The van der Waals surface area contributed by atoms with Crippen LogP contribution in [-0.4, -0.2) is 19.5 Å². The van der Waals surface area contributed by atoms with Gasteiger partial charge in [-0.1, -0.05) is 70.0 Å². The third-order valence-electron chi connectivity index (χ3n) is 5.71. The summed E-state index contributed by atoms with van der Waals surface area (Å²) >= 11 is 0. The normalized spacial score (nSPS) is 17.1. The highest BCUT2D eigenvalue weighted by molar-refractivity contribution is 5.29. The minimum absolute atomic E-state index is 0.374. The van der Waals surface area contributed by atoms with Crippen LogP contribution in [0.15, 0.2) is 60.9 Å². The second-order valence-corrected chi connectivity index (χ2v) is 7.99. The average molecular weight is 399 g/mol. The van der Waals surface area contributed by atoms with Crippen molar-refractivity contribution in [3.8, 4) is 5.75 Å². The summed E-state index contributed by atoms with van der Waals surface area (Å²) < 4.78 is 17.1. The fraction of sp³-hybridized carbons (Fsp3) is 0.538. The summed E-state index contributed by atoms with van der Waals surface area (Å²) in [5.74, 6) is 2.64. The van der Waals surface area contributed by atoms with Crippen LogP contribution < -0.4 is 4.74 Å². The van der Waals surface area contributed by atoms with Crippen LogP contribution in [0.4, 0.5) is 0 Å². The second-order valence-electron chi connectivity index (χ2n) is 7.99. The molecule has 3 nitrogen and oxygen atoms in total. The quantitative estimate of drug-likeness (QED) is 0.162. The van der Waals surface area contributed by atoms with Crippen LogP contribution in [0.2, 0.25) is 0 Å². The van der Waals surface area contributed by atoms with Gasteiger partial charge in [0.15, 0.2) is 6.29 Å². The van der Waals surface area contributed by atoms with E-state index in [1.807, 2.05) is 19.1 Å². The highest BCUT2D eigenvalue weighted by Gasteiger charge is 2.15. The van der Waals surface area contributed by atoms with Crippen molar-refractivity contribution in [1.82, 2.24) is 0 Å². The third kappa shape index (κ3) is 8.49. The molecular formula is C26H38O3. The Morgan fingerprint density at radius 2 is 1.72 bits per heavy atom. The zero-order chi connectivity index (χ0) is 21.1. The van der Waals surface area contributed by atoms with Crippen LogP contribution in [0.1, 0.15) is 70.8 Å². The van der Waals surface area contributed by atoms with Crippen molar-refractivity contribution in [1.29, 1.82) is 0 Å². The molecule has 0 heterocycles. The van der Waals surface area contributed by atoms with Gasteiger partial charge in [0.1, 0.15) is 18.1 Å². The van der Waals surface area contributed by atoms with Crippen LogP contribution in [0.3, 0.4) is 0 Å². The highest BCUT2D eigenvalue weighted by atomic mass is 16.7. The molecule has 0 spiro atoms.